The number of carboxylic acids is 1. The molecule has 34 heavy (non-hydrogen) atoms. The molecule has 2 aliphatic rings. The lowest BCUT2D eigenvalue weighted by Crippen LogP contribution is -2.55. The van der Waals surface area contributed by atoms with E-state index in [-0.39, 0.29) is 23.2 Å². The summed E-state index contributed by atoms with van der Waals surface area (Å²) in [7, 11) is -3.86. The van der Waals surface area contributed by atoms with E-state index in [1.54, 1.807) is 6.07 Å². The number of hydrogen-bond acceptors (Lipinski definition) is 5. The third-order valence-corrected chi connectivity index (χ3v) is 8.38. The van der Waals surface area contributed by atoms with Crippen LogP contribution in [0.3, 0.4) is 0 Å². The van der Waals surface area contributed by atoms with Gasteiger partial charge < -0.3 is 14.7 Å². The number of halogens is 3. The van der Waals surface area contributed by atoms with Gasteiger partial charge in [-0.05, 0) is 66.8 Å². The van der Waals surface area contributed by atoms with E-state index in [0.717, 1.165) is 5.56 Å². The summed E-state index contributed by atoms with van der Waals surface area (Å²) in [4.78, 5) is 13.6. The van der Waals surface area contributed by atoms with Gasteiger partial charge >= 0.3 is 12.3 Å². The molecule has 2 aromatic carbocycles. The Balaban J connectivity index is 1.52. The lowest BCUT2D eigenvalue weighted by atomic mass is 10.0. The summed E-state index contributed by atoms with van der Waals surface area (Å²) in [5, 5.41) is 9.46. The van der Waals surface area contributed by atoms with Crippen molar-refractivity contribution in [3.05, 3.63) is 53.6 Å². The van der Waals surface area contributed by atoms with Gasteiger partial charge in [-0.2, -0.15) is 4.31 Å². The quantitative estimate of drug-likeness (QED) is 0.648. The summed E-state index contributed by atoms with van der Waals surface area (Å²) in [5.41, 5.74) is 2.09. The largest absolute Gasteiger partial charge is 0.573 e. The molecular formula is C23H25F3N2O5S. The molecule has 184 valence electrons. The first-order valence-corrected chi connectivity index (χ1v) is 12.4. The molecule has 1 aliphatic carbocycles. The van der Waals surface area contributed by atoms with Crippen LogP contribution in [0.25, 0.3) is 0 Å². The molecule has 1 aliphatic heterocycles. The Hall–Kier alpha value is -2.79. The van der Waals surface area contributed by atoms with Gasteiger partial charge in [0, 0.05) is 31.4 Å². The maximum Gasteiger partial charge on any atom is 0.573 e. The molecule has 1 heterocycles. The smallest absolute Gasteiger partial charge is 0.481 e. The predicted molar refractivity (Wildman–Crippen MR) is 118 cm³/mol. The van der Waals surface area contributed by atoms with Crippen LogP contribution in [-0.4, -0.2) is 55.8 Å². The van der Waals surface area contributed by atoms with E-state index in [2.05, 4.69) is 4.74 Å². The minimum absolute atomic E-state index is 0.0833. The van der Waals surface area contributed by atoms with Gasteiger partial charge in [-0.15, -0.1) is 13.2 Å². The van der Waals surface area contributed by atoms with E-state index in [0.29, 0.717) is 43.6 Å². The number of sulfonamides is 1. The number of carbonyl (C=O) groups is 1. The zero-order valence-corrected chi connectivity index (χ0v) is 19.3. The topological polar surface area (TPSA) is 87.2 Å². The predicted octanol–water partition coefficient (Wildman–Crippen LogP) is 3.99. The molecule has 7 nitrogen and oxygen atoms in total. The summed E-state index contributed by atoms with van der Waals surface area (Å²) < 4.78 is 69.5. The SMILES string of the molecule is CCC1CN(c2ccc(OC(F)(F)F)cc2)CCN1S(=O)(=O)c1ccc2c(c1)C(C(=O)O)CC2. The monoisotopic (exact) mass is 498 g/mol. The molecular weight excluding hydrogens is 473 g/mol. The zero-order valence-electron chi connectivity index (χ0n) is 18.5. The Bertz CT molecular complexity index is 1170. The van der Waals surface area contributed by atoms with E-state index in [1.807, 2.05) is 11.8 Å². The number of alkyl halides is 3. The lowest BCUT2D eigenvalue weighted by molar-refractivity contribution is -0.274. The van der Waals surface area contributed by atoms with Crippen molar-refractivity contribution in [3.8, 4) is 5.75 Å². The van der Waals surface area contributed by atoms with Gasteiger partial charge in [0.1, 0.15) is 5.75 Å². The molecule has 0 radical (unpaired) electrons. The van der Waals surface area contributed by atoms with Gasteiger partial charge in [0.25, 0.3) is 0 Å². The van der Waals surface area contributed by atoms with Gasteiger partial charge in [0.15, 0.2) is 0 Å². The fourth-order valence-electron chi connectivity index (χ4n) is 4.71. The van der Waals surface area contributed by atoms with Crippen LogP contribution in [0.2, 0.25) is 0 Å². The number of benzene rings is 2. The van der Waals surface area contributed by atoms with E-state index in [9.17, 15) is 31.5 Å². The van der Waals surface area contributed by atoms with Crippen molar-refractivity contribution >= 4 is 21.7 Å². The van der Waals surface area contributed by atoms with Crippen molar-refractivity contribution in [2.45, 2.75) is 49.4 Å². The first-order chi connectivity index (χ1) is 16.0. The van der Waals surface area contributed by atoms with Crippen LogP contribution in [-0.2, 0) is 21.2 Å². The second kappa shape index (κ2) is 9.10. The van der Waals surface area contributed by atoms with Gasteiger partial charge in [0.2, 0.25) is 10.0 Å². The number of ether oxygens (including phenoxy) is 1. The molecule has 2 aromatic rings. The minimum atomic E-state index is -4.77. The first kappa shape index (κ1) is 24.3. The van der Waals surface area contributed by atoms with Crippen LogP contribution in [0.1, 0.15) is 36.8 Å². The molecule has 2 unspecified atom stereocenters. The standard InChI is InChI=1S/C23H25F3N2O5S/c1-2-16-14-27(17-5-7-18(8-6-17)33-23(24,25)26)11-12-28(16)34(31,32)19-9-3-15-4-10-20(22(29)30)21(15)13-19/h3,5-9,13,16,20H,2,4,10-12,14H2,1H3,(H,29,30). The van der Waals surface area contributed by atoms with Crippen LogP contribution >= 0.6 is 0 Å². The second-order valence-electron chi connectivity index (χ2n) is 8.46. The number of anilines is 1. The number of hydrogen-bond donors (Lipinski definition) is 1. The van der Waals surface area contributed by atoms with Crippen LogP contribution < -0.4 is 9.64 Å². The third kappa shape index (κ3) is 4.85. The highest BCUT2D eigenvalue weighted by molar-refractivity contribution is 7.89. The Morgan fingerprint density at radius 2 is 1.85 bits per heavy atom. The molecule has 0 saturated carbocycles. The van der Waals surface area contributed by atoms with Crippen LogP contribution in [0.5, 0.6) is 5.75 Å². The van der Waals surface area contributed by atoms with Crippen LogP contribution in [0, 0.1) is 0 Å². The molecule has 2 atom stereocenters. The number of aryl methyl sites for hydroxylation is 1. The number of rotatable bonds is 6. The minimum Gasteiger partial charge on any atom is -0.481 e. The Kier molecular flexibility index (Phi) is 6.52. The second-order valence-corrected chi connectivity index (χ2v) is 10.3. The summed E-state index contributed by atoms with van der Waals surface area (Å²) in [5.74, 6) is -1.98. The number of aliphatic carboxylic acids is 1. The van der Waals surface area contributed by atoms with E-state index in [4.69, 9.17) is 0 Å². The molecule has 0 aromatic heterocycles. The molecule has 4 rings (SSSR count). The van der Waals surface area contributed by atoms with Crippen molar-refractivity contribution < 1.29 is 36.2 Å². The molecule has 1 fully saturated rings. The molecule has 11 heteroatoms. The summed E-state index contributed by atoms with van der Waals surface area (Å²) in [6.45, 7) is 2.80. The third-order valence-electron chi connectivity index (χ3n) is 6.44. The fraction of sp³-hybridized carbons (Fsp3) is 0.435. The molecule has 0 amide bonds. The Labute approximate surface area is 195 Å². The van der Waals surface area contributed by atoms with E-state index in [1.165, 1.54) is 40.7 Å². The number of nitrogens with zero attached hydrogens (tertiary/aromatic N) is 2. The molecule has 0 spiro atoms. The highest BCUT2D eigenvalue weighted by Crippen LogP contribution is 2.36. The Morgan fingerprint density at radius 1 is 1.15 bits per heavy atom. The average Bonchev–Trinajstić information content (AvgIpc) is 3.22. The van der Waals surface area contributed by atoms with E-state index >= 15 is 0 Å². The maximum atomic E-state index is 13.5. The van der Waals surface area contributed by atoms with E-state index < -0.39 is 28.3 Å². The molecule has 1 N–H and O–H groups in total. The fourth-order valence-corrected chi connectivity index (χ4v) is 6.43. The highest BCUT2D eigenvalue weighted by atomic mass is 32.2. The van der Waals surface area contributed by atoms with Crippen molar-refractivity contribution in [2.24, 2.45) is 0 Å². The van der Waals surface area contributed by atoms with Crippen molar-refractivity contribution in [2.75, 3.05) is 24.5 Å². The summed E-state index contributed by atoms with van der Waals surface area (Å²) >= 11 is 0. The van der Waals surface area contributed by atoms with Gasteiger partial charge in [-0.1, -0.05) is 13.0 Å². The summed E-state index contributed by atoms with van der Waals surface area (Å²) in [6, 6.07) is 9.88. The van der Waals surface area contributed by atoms with Gasteiger partial charge in [-0.3, -0.25) is 4.79 Å². The normalized spacial score (nSPS) is 21.4. The van der Waals surface area contributed by atoms with Crippen LogP contribution in [0.4, 0.5) is 18.9 Å². The number of piperazine rings is 1. The summed E-state index contributed by atoms with van der Waals surface area (Å²) in [6.07, 6.45) is -3.17. The average molecular weight is 499 g/mol. The molecule has 0 bridgehead atoms. The first-order valence-electron chi connectivity index (χ1n) is 11.0. The molecule has 1 saturated heterocycles. The van der Waals surface area contributed by atoms with Crippen molar-refractivity contribution in [3.63, 3.8) is 0 Å². The Morgan fingerprint density at radius 3 is 2.47 bits per heavy atom. The van der Waals surface area contributed by atoms with Gasteiger partial charge in [0.05, 0.1) is 10.8 Å². The highest BCUT2D eigenvalue weighted by Gasteiger charge is 2.37. The van der Waals surface area contributed by atoms with Gasteiger partial charge in [-0.25, -0.2) is 8.42 Å². The number of fused-ring (bicyclic) bond motifs is 1. The number of carboxylic acid groups (broad SMARTS) is 1. The van der Waals surface area contributed by atoms with Crippen LogP contribution in [0.15, 0.2) is 47.4 Å². The van der Waals surface area contributed by atoms with Crippen molar-refractivity contribution in [1.82, 2.24) is 4.31 Å². The van der Waals surface area contributed by atoms with Crippen molar-refractivity contribution in [1.29, 1.82) is 0 Å². The maximum absolute atomic E-state index is 13.5. The zero-order chi connectivity index (χ0) is 24.7. The lowest BCUT2D eigenvalue weighted by Gasteiger charge is -2.41.